The van der Waals surface area contributed by atoms with Crippen molar-refractivity contribution < 1.29 is 4.79 Å². The molecule has 1 heterocycles. The average Bonchev–Trinajstić information content (AvgIpc) is 3.12. The molecule has 0 spiro atoms. The van der Waals surface area contributed by atoms with E-state index in [0.717, 1.165) is 41.9 Å². The second-order valence-electron chi connectivity index (χ2n) is 4.76. The van der Waals surface area contributed by atoms with E-state index >= 15 is 0 Å². The van der Waals surface area contributed by atoms with Crippen LogP contribution in [0.25, 0.3) is 0 Å². The highest BCUT2D eigenvalue weighted by molar-refractivity contribution is 9.10. The van der Waals surface area contributed by atoms with Crippen molar-refractivity contribution >= 4 is 27.7 Å². The van der Waals surface area contributed by atoms with Gasteiger partial charge in [0.05, 0.1) is 0 Å². The van der Waals surface area contributed by atoms with Gasteiger partial charge in [-0.1, -0.05) is 6.92 Å². The summed E-state index contributed by atoms with van der Waals surface area (Å²) in [5, 5.41) is 6.13. The molecule has 0 saturated heterocycles. The molecule has 2 N–H and O–H groups in total. The molecule has 0 unspecified atom stereocenters. The summed E-state index contributed by atoms with van der Waals surface area (Å²) < 4.78 is 0.774. The summed E-state index contributed by atoms with van der Waals surface area (Å²) in [6, 6.07) is 2.26. The second kappa shape index (κ2) is 6.84. The summed E-state index contributed by atoms with van der Waals surface area (Å²) in [4.78, 5) is 20.2. The molecule has 0 radical (unpaired) electrons. The minimum atomic E-state index is 0.108. The predicted octanol–water partition coefficient (Wildman–Crippen LogP) is 2.27. The van der Waals surface area contributed by atoms with Gasteiger partial charge < -0.3 is 10.6 Å². The predicted molar refractivity (Wildman–Crippen MR) is 78.0 cm³/mol. The van der Waals surface area contributed by atoms with Gasteiger partial charge in [0, 0.05) is 31.5 Å². The van der Waals surface area contributed by atoms with E-state index in [-0.39, 0.29) is 5.91 Å². The van der Waals surface area contributed by atoms with E-state index in [2.05, 4.69) is 43.5 Å². The summed E-state index contributed by atoms with van der Waals surface area (Å²) in [6.45, 7) is 2.69. The minimum absolute atomic E-state index is 0.108. The highest BCUT2D eigenvalue weighted by Gasteiger charge is 2.22. The van der Waals surface area contributed by atoms with E-state index in [1.807, 2.05) is 6.07 Å². The van der Waals surface area contributed by atoms with Crippen molar-refractivity contribution in [3.05, 3.63) is 16.5 Å². The Hall–Kier alpha value is -1.17. The molecule has 1 aliphatic carbocycles. The number of carbonyl (C=O) groups is 1. The van der Waals surface area contributed by atoms with Gasteiger partial charge in [-0.2, -0.15) is 0 Å². The fourth-order valence-corrected chi connectivity index (χ4v) is 2.14. The van der Waals surface area contributed by atoms with Crippen LogP contribution in [-0.2, 0) is 11.2 Å². The molecule has 5 nitrogen and oxygen atoms in total. The Morgan fingerprint density at radius 1 is 1.47 bits per heavy atom. The maximum Gasteiger partial charge on any atom is 0.221 e. The Labute approximate surface area is 121 Å². The van der Waals surface area contributed by atoms with E-state index in [1.54, 1.807) is 0 Å². The van der Waals surface area contributed by atoms with Gasteiger partial charge in [-0.05, 0) is 35.2 Å². The standard InChI is InChI=1S/C13H19BrN4O/c1-2-3-11-17-10(14)8-12(18-11)15-7-6-13(19)16-9-4-5-9/h8-9H,2-7H2,1H3,(H,16,19)(H,15,17,18). The van der Waals surface area contributed by atoms with Crippen LogP contribution in [0.4, 0.5) is 5.82 Å². The number of nitrogens with one attached hydrogen (secondary N) is 2. The number of anilines is 1. The van der Waals surface area contributed by atoms with Crippen LogP contribution >= 0.6 is 15.9 Å². The van der Waals surface area contributed by atoms with Gasteiger partial charge in [0.1, 0.15) is 16.2 Å². The molecule has 0 aliphatic heterocycles. The molecule has 0 atom stereocenters. The normalized spacial score (nSPS) is 14.2. The number of aromatic nitrogens is 2. The zero-order valence-electron chi connectivity index (χ0n) is 11.1. The quantitative estimate of drug-likeness (QED) is 0.754. The first-order valence-electron chi connectivity index (χ1n) is 6.74. The van der Waals surface area contributed by atoms with E-state index in [4.69, 9.17) is 0 Å². The van der Waals surface area contributed by atoms with Crippen LogP contribution in [0.2, 0.25) is 0 Å². The van der Waals surface area contributed by atoms with Crippen molar-refractivity contribution in [2.24, 2.45) is 0 Å². The fourth-order valence-electron chi connectivity index (χ4n) is 1.72. The number of amides is 1. The monoisotopic (exact) mass is 326 g/mol. The van der Waals surface area contributed by atoms with Crippen LogP contribution in [0.1, 0.15) is 38.4 Å². The number of carbonyl (C=O) groups excluding carboxylic acids is 1. The molecular weight excluding hydrogens is 308 g/mol. The maximum absolute atomic E-state index is 11.5. The van der Waals surface area contributed by atoms with Gasteiger partial charge in [0.25, 0.3) is 0 Å². The average molecular weight is 327 g/mol. The summed E-state index contributed by atoms with van der Waals surface area (Å²) in [6.07, 6.45) is 4.59. The Balaban J connectivity index is 1.79. The fraction of sp³-hybridized carbons (Fsp3) is 0.615. The number of hydrogen-bond acceptors (Lipinski definition) is 4. The molecule has 1 aromatic rings. The highest BCUT2D eigenvalue weighted by Crippen LogP contribution is 2.18. The Morgan fingerprint density at radius 2 is 2.26 bits per heavy atom. The number of halogens is 1. The zero-order valence-corrected chi connectivity index (χ0v) is 12.7. The first-order valence-corrected chi connectivity index (χ1v) is 7.53. The Bertz CT molecular complexity index is 448. The molecular formula is C13H19BrN4O. The molecule has 0 aromatic carbocycles. The van der Waals surface area contributed by atoms with E-state index in [0.29, 0.717) is 19.0 Å². The molecule has 19 heavy (non-hydrogen) atoms. The highest BCUT2D eigenvalue weighted by atomic mass is 79.9. The van der Waals surface area contributed by atoms with Crippen molar-refractivity contribution in [1.29, 1.82) is 0 Å². The molecule has 2 rings (SSSR count). The van der Waals surface area contributed by atoms with Crippen LogP contribution in [0, 0.1) is 0 Å². The van der Waals surface area contributed by atoms with Gasteiger partial charge in [-0.25, -0.2) is 9.97 Å². The van der Waals surface area contributed by atoms with Crippen molar-refractivity contribution in [3.8, 4) is 0 Å². The lowest BCUT2D eigenvalue weighted by Crippen LogP contribution is -2.27. The van der Waals surface area contributed by atoms with Crippen molar-refractivity contribution in [1.82, 2.24) is 15.3 Å². The lowest BCUT2D eigenvalue weighted by molar-refractivity contribution is -0.120. The third-order valence-corrected chi connectivity index (χ3v) is 3.22. The third kappa shape index (κ3) is 5.14. The van der Waals surface area contributed by atoms with Gasteiger partial charge in [0.15, 0.2) is 0 Å². The van der Waals surface area contributed by atoms with Crippen LogP contribution in [0.3, 0.4) is 0 Å². The van der Waals surface area contributed by atoms with Crippen LogP contribution in [0.5, 0.6) is 0 Å². The van der Waals surface area contributed by atoms with Crippen LogP contribution < -0.4 is 10.6 Å². The first kappa shape index (κ1) is 14.2. The minimum Gasteiger partial charge on any atom is -0.369 e. The molecule has 6 heteroatoms. The Morgan fingerprint density at radius 3 is 2.95 bits per heavy atom. The number of rotatable bonds is 7. The van der Waals surface area contributed by atoms with Gasteiger partial charge in [0.2, 0.25) is 5.91 Å². The summed E-state index contributed by atoms with van der Waals surface area (Å²) in [7, 11) is 0. The van der Waals surface area contributed by atoms with Crippen molar-refractivity contribution in [2.75, 3.05) is 11.9 Å². The summed E-state index contributed by atoms with van der Waals surface area (Å²) in [5.41, 5.74) is 0. The maximum atomic E-state index is 11.5. The third-order valence-electron chi connectivity index (χ3n) is 2.82. The lowest BCUT2D eigenvalue weighted by atomic mass is 10.3. The molecule has 1 saturated carbocycles. The number of aryl methyl sites for hydroxylation is 1. The second-order valence-corrected chi connectivity index (χ2v) is 5.57. The first-order chi connectivity index (χ1) is 9.17. The number of nitrogens with zero attached hydrogens (tertiary/aromatic N) is 2. The smallest absolute Gasteiger partial charge is 0.221 e. The SMILES string of the molecule is CCCc1nc(Br)cc(NCCC(=O)NC2CC2)n1. The van der Waals surface area contributed by atoms with Crippen molar-refractivity contribution in [3.63, 3.8) is 0 Å². The molecule has 1 amide bonds. The van der Waals surface area contributed by atoms with E-state index in [1.165, 1.54) is 0 Å². The van der Waals surface area contributed by atoms with Crippen LogP contribution in [0.15, 0.2) is 10.7 Å². The summed E-state index contributed by atoms with van der Waals surface area (Å²) in [5.74, 6) is 1.70. The zero-order chi connectivity index (χ0) is 13.7. The number of hydrogen-bond donors (Lipinski definition) is 2. The van der Waals surface area contributed by atoms with Gasteiger partial charge >= 0.3 is 0 Å². The van der Waals surface area contributed by atoms with E-state index < -0.39 is 0 Å². The lowest BCUT2D eigenvalue weighted by Gasteiger charge is -2.08. The molecule has 1 fully saturated rings. The van der Waals surface area contributed by atoms with Crippen LogP contribution in [-0.4, -0.2) is 28.5 Å². The molecule has 1 aliphatic rings. The molecule has 1 aromatic heterocycles. The van der Waals surface area contributed by atoms with Gasteiger partial charge in [-0.15, -0.1) is 0 Å². The molecule has 0 bridgehead atoms. The van der Waals surface area contributed by atoms with Gasteiger partial charge in [-0.3, -0.25) is 4.79 Å². The summed E-state index contributed by atoms with van der Waals surface area (Å²) >= 11 is 3.37. The van der Waals surface area contributed by atoms with E-state index in [9.17, 15) is 4.79 Å². The Kier molecular flexibility index (Phi) is 5.13. The largest absolute Gasteiger partial charge is 0.369 e. The topological polar surface area (TPSA) is 66.9 Å². The molecule has 104 valence electrons. The van der Waals surface area contributed by atoms with Crippen molar-refractivity contribution in [2.45, 2.75) is 45.1 Å².